The van der Waals surface area contributed by atoms with Gasteiger partial charge < -0.3 is 14.8 Å². The first kappa shape index (κ1) is 21.5. The van der Waals surface area contributed by atoms with Crippen LogP contribution in [-0.2, 0) is 9.59 Å². The number of nitrogens with one attached hydrogen (secondary N) is 1. The summed E-state index contributed by atoms with van der Waals surface area (Å²) < 4.78 is 10.7. The predicted molar refractivity (Wildman–Crippen MR) is 125 cm³/mol. The number of carbonyl (C=O) groups excluding carboxylic acids is 2. The van der Waals surface area contributed by atoms with E-state index in [4.69, 9.17) is 21.1 Å². The summed E-state index contributed by atoms with van der Waals surface area (Å²) in [7, 11) is 3.08. The second-order valence-corrected chi connectivity index (χ2v) is 7.67. The SMILES string of the molecule is COc1ccc(NC2=C(c3ccc(Cl)cc3)C(=O)N(c3cccc(C)c3)C2=O)c(OC)c1. The fraction of sp³-hybridized carbons (Fsp3) is 0.120. The Morgan fingerprint density at radius 2 is 1.62 bits per heavy atom. The number of imide groups is 1. The average molecular weight is 449 g/mol. The maximum Gasteiger partial charge on any atom is 0.282 e. The van der Waals surface area contributed by atoms with Crippen molar-refractivity contribution in [1.29, 1.82) is 0 Å². The number of halogens is 1. The lowest BCUT2D eigenvalue weighted by atomic mass is 10.0. The molecule has 0 aromatic heterocycles. The van der Waals surface area contributed by atoms with E-state index in [0.717, 1.165) is 5.56 Å². The molecule has 162 valence electrons. The molecule has 1 N–H and O–H groups in total. The molecule has 32 heavy (non-hydrogen) atoms. The van der Waals surface area contributed by atoms with E-state index in [9.17, 15) is 9.59 Å². The molecule has 0 atom stereocenters. The zero-order valence-electron chi connectivity index (χ0n) is 17.8. The third-order valence-electron chi connectivity index (χ3n) is 5.15. The molecule has 0 bridgehead atoms. The zero-order chi connectivity index (χ0) is 22.8. The van der Waals surface area contributed by atoms with Crippen molar-refractivity contribution in [1.82, 2.24) is 0 Å². The smallest absolute Gasteiger partial charge is 0.282 e. The summed E-state index contributed by atoms with van der Waals surface area (Å²) in [6.45, 7) is 1.91. The van der Waals surface area contributed by atoms with Crippen LogP contribution in [0.1, 0.15) is 11.1 Å². The molecule has 1 aliphatic rings. The first-order valence-corrected chi connectivity index (χ1v) is 10.3. The van der Waals surface area contributed by atoms with Crippen molar-refractivity contribution in [3.63, 3.8) is 0 Å². The Bertz CT molecular complexity index is 1230. The summed E-state index contributed by atoms with van der Waals surface area (Å²) >= 11 is 6.04. The van der Waals surface area contributed by atoms with Gasteiger partial charge in [-0.25, -0.2) is 4.90 Å². The number of benzene rings is 3. The van der Waals surface area contributed by atoms with Crippen molar-refractivity contribution in [2.24, 2.45) is 0 Å². The summed E-state index contributed by atoms with van der Waals surface area (Å²) in [6.07, 6.45) is 0. The van der Waals surface area contributed by atoms with Crippen LogP contribution in [-0.4, -0.2) is 26.0 Å². The second-order valence-electron chi connectivity index (χ2n) is 7.23. The van der Waals surface area contributed by atoms with E-state index in [1.165, 1.54) is 12.0 Å². The Kier molecular flexibility index (Phi) is 5.88. The summed E-state index contributed by atoms with van der Waals surface area (Å²) in [6, 6.07) is 19.2. The van der Waals surface area contributed by atoms with Crippen LogP contribution < -0.4 is 19.7 Å². The van der Waals surface area contributed by atoms with Gasteiger partial charge in [0.1, 0.15) is 17.2 Å². The largest absolute Gasteiger partial charge is 0.497 e. The number of anilines is 2. The molecule has 6 nitrogen and oxygen atoms in total. The summed E-state index contributed by atoms with van der Waals surface area (Å²) in [5.74, 6) is 0.206. The van der Waals surface area contributed by atoms with Gasteiger partial charge in [0.05, 0.1) is 31.2 Å². The number of nitrogens with zero attached hydrogens (tertiary/aromatic N) is 1. The van der Waals surface area contributed by atoms with E-state index in [1.54, 1.807) is 61.7 Å². The van der Waals surface area contributed by atoms with Gasteiger partial charge in [0.15, 0.2) is 0 Å². The van der Waals surface area contributed by atoms with Gasteiger partial charge in [0, 0.05) is 11.1 Å². The van der Waals surface area contributed by atoms with E-state index >= 15 is 0 Å². The first-order chi connectivity index (χ1) is 15.4. The third kappa shape index (κ3) is 3.92. The molecule has 7 heteroatoms. The predicted octanol–water partition coefficient (Wildman–Crippen LogP) is 5.06. The molecule has 0 saturated heterocycles. The van der Waals surface area contributed by atoms with Gasteiger partial charge in [-0.1, -0.05) is 35.9 Å². The van der Waals surface area contributed by atoms with Crippen LogP contribution in [0.3, 0.4) is 0 Å². The van der Waals surface area contributed by atoms with Gasteiger partial charge in [-0.15, -0.1) is 0 Å². The van der Waals surface area contributed by atoms with Crippen molar-refractivity contribution in [3.8, 4) is 11.5 Å². The van der Waals surface area contributed by atoms with E-state index in [2.05, 4.69) is 5.32 Å². The number of methoxy groups -OCH3 is 2. The monoisotopic (exact) mass is 448 g/mol. The summed E-state index contributed by atoms with van der Waals surface area (Å²) in [5.41, 5.74) is 2.97. The number of ether oxygens (including phenoxy) is 2. The molecule has 1 heterocycles. The molecule has 0 saturated carbocycles. The number of hydrogen-bond donors (Lipinski definition) is 1. The lowest BCUT2D eigenvalue weighted by molar-refractivity contribution is -0.120. The number of carbonyl (C=O) groups is 2. The first-order valence-electron chi connectivity index (χ1n) is 9.87. The number of rotatable bonds is 6. The van der Waals surface area contributed by atoms with Crippen LogP contribution >= 0.6 is 11.6 Å². The summed E-state index contributed by atoms with van der Waals surface area (Å²) in [5, 5.41) is 3.66. The minimum Gasteiger partial charge on any atom is -0.497 e. The molecule has 4 rings (SSSR count). The van der Waals surface area contributed by atoms with Gasteiger partial charge in [0.2, 0.25) is 0 Å². The van der Waals surface area contributed by atoms with Gasteiger partial charge in [-0.2, -0.15) is 0 Å². The fourth-order valence-corrected chi connectivity index (χ4v) is 3.69. The zero-order valence-corrected chi connectivity index (χ0v) is 18.6. The molecule has 3 aromatic carbocycles. The van der Waals surface area contributed by atoms with Crippen LogP contribution in [0.15, 0.2) is 72.4 Å². The van der Waals surface area contributed by atoms with Crippen LogP contribution in [0.2, 0.25) is 5.02 Å². The van der Waals surface area contributed by atoms with Crippen molar-refractivity contribution in [2.45, 2.75) is 6.92 Å². The molecular formula is C25H21ClN2O4. The highest BCUT2D eigenvalue weighted by molar-refractivity contribution is 6.46. The van der Waals surface area contributed by atoms with Crippen molar-refractivity contribution < 1.29 is 19.1 Å². The van der Waals surface area contributed by atoms with Gasteiger partial charge in [-0.05, 0) is 54.4 Å². The molecule has 2 amide bonds. The van der Waals surface area contributed by atoms with E-state index in [1.807, 2.05) is 19.1 Å². The fourth-order valence-electron chi connectivity index (χ4n) is 3.57. The maximum absolute atomic E-state index is 13.5. The molecule has 0 fully saturated rings. The molecule has 0 unspecified atom stereocenters. The molecular weight excluding hydrogens is 428 g/mol. The Morgan fingerprint density at radius 1 is 0.875 bits per heavy atom. The van der Waals surface area contributed by atoms with Crippen LogP contribution in [0.25, 0.3) is 5.57 Å². The van der Waals surface area contributed by atoms with Gasteiger partial charge in [-0.3, -0.25) is 9.59 Å². The standard InChI is InChI=1S/C25H21ClN2O4/c1-15-5-4-6-18(13-15)28-24(29)22(16-7-9-17(26)10-8-16)23(25(28)30)27-20-12-11-19(31-2)14-21(20)32-3/h4-14,27H,1-3H3. The number of hydrogen-bond acceptors (Lipinski definition) is 5. The highest BCUT2D eigenvalue weighted by atomic mass is 35.5. The number of aryl methyl sites for hydroxylation is 1. The Labute approximate surface area is 191 Å². The van der Waals surface area contributed by atoms with Crippen LogP contribution in [0.4, 0.5) is 11.4 Å². The molecule has 0 aliphatic carbocycles. The van der Waals surface area contributed by atoms with E-state index in [-0.39, 0.29) is 11.3 Å². The lowest BCUT2D eigenvalue weighted by Gasteiger charge is -2.16. The van der Waals surface area contributed by atoms with Crippen LogP contribution in [0, 0.1) is 6.92 Å². The topological polar surface area (TPSA) is 67.9 Å². The van der Waals surface area contributed by atoms with Gasteiger partial charge >= 0.3 is 0 Å². The quantitative estimate of drug-likeness (QED) is 0.534. The van der Waals surface area contributed by atoms with E-state index < -0.39 is 11.8 Å². The lowest BCUT2D eigenvalue weighted by Crippen LogP contribution is -2.32. The minimum atomic E-state index is -0.455. The highest BCUT2D eigenvalue weighted by Gasteiger charge is 2.40. The summed E-state index contributed by atoms with van der Waals surface area (Å²) in [4.78, 5) is 28.2. The normalized spacial score (nSPS) is 13.6. The third-order valence-corrected chi connectivity index (χ3v) is 5.40. The van der Waals surface area contributed by atoms with Crippen molar-refractivity contribution in [3.05, 3.63) is 88.6 Å². The van der Waals surface area contributed by atoms with Crippen molar-refractivity contribution in [2.75, 3.05) is 24.4 Å². The Hall–Kier alpha value is -3.77. The Morgan fingerprint density at radius 3 is 2.28 bits per heavy atom. The molecule has 0 radical (unpaired) electrons. The van der Waals surface area contributed by atoms with Crippen LogP contribution in [0.5, 0.6) is 11.5 Å². The molecule has 1 aliphatic heterocycles. The minimum absolute atomic E-state index is 0.155. The number of amides is 2. The van der Waals surface area contributed by atoms with Crippen molar-refractivity contribution >= 4 is 40.4 Å². The molecule has 3 aromatic rings. The molecule has 0 spiro atoms. The van der Waals surface area contributed by atoms with Gasteiger partial charge in [0.25, 0.3) is 11.8 Å². The van der Waals surface area contributed by atoms with E-state index in [0.29, 0.717) is 33.5 Å². The maximum atomic E-state index is 13.5. The average Bonchev–Trinajstić information content (AvgIpc) is 3.04. The Balaban J connectivity index is 1.84. The highest BCUT2D eigenvalue weighted by Crippen LogP contribution is 2.37. The second kappa shape index (κ2) is 8.77.